The zero-order valence-corrected chi connectivity index (χ0v) is 21.0. The second kappa shape index (κ2) is 9.12. The monoisotopic (exact) mass is 471 g/mol. The molecule has 1 spiro atoms. The summed E-state index contributed by atoms with van der Waals surface area (Å²) in [5.41, 5.74) is 0.144. The van der Waals surface area contributed by atoms with E-state index in [-0.39, 0.29) is 29.8 Å². The molecule has 2 saturated carbocycles. The van der Waals surface area contributed by atoms with Crippen molar-refractivity contribution in [2.24, 2.45) is 11.3 Å². The van der Waals surface area contributed by atoms with Crippen molar-refractivity contribution in [2.75, 3.05) is 20.8 Å². The van der Waals surface area contributed by atoms with E-state index in [0.29, 0.717) is 36.8 Å². The van der Waals surface area contributed by atoms with E-state index in [2.05, 4.69) is 26.1 Å². The third-order valence-electron chi connectivity index (χ3n) is 7.74. The summed E-state index contributed by atoms with van der Waals surface area (Å²) in [7, 11) is 3.19. The summed E-state index contributed by atoms with van der Waals surface area (Å²) >= 11 is 0. The second-order valence-corrected chi connectivity index (χ2v) is 11.0. The van der Waals surface area contributed by atoms with Gasteiger partial charge in [0.15, 0.2) is 0 Å². The number of ether oxygens (including phenoxy) is 2. The van der Waals surface area contributed by atoms with E-state index < -0.39 is 11.6 Å². The van der Waals surface area contributed by atoms with Crippen LogP contribution in [-0.4, -0.2) is 60.0 Å². The highest BCUT2D eigenvalue weighted by atomic mass is 16.5. The highest BCUT2D eigenvalue weighted by molar-refractivity contribution is 6.09. The molecule has 0 bridgehead atoms. The number of urea groups is 1. The molecule has 1 aromatic carbocycles. The number of methoxy groups -OCH3 is 2. The molecule has 1 heterocycles. The standard InChI is InChI=1S/C26H37N3O5/c1-25(2,3)18-10-12-26(13-11-18)23(31)29(24(32)27-26)16-22(30)28(19-6-7-19)15-17-14-20(33-4)8-9-21(17)34-5/h8-9,14,18-19H,6-7,10-13,15-16H2,1-5H3,(H,27,32). The molecule has 8 nitrogen and oxygen atoms in total. The molecule has 0 atom stereocenters. The number of rotatable bonds is 7. The van der Waals surface area contributed by atoms with Gasteiger partial charge in [-0.3, -0.25) is 14.5 Å². The largest absolute Gasteiger partial charge is 0.497 e. The fourth-order valence-electron chi connectivity index (χ4n) is 5.36. The molecule has 0 aromatic heterocycles. The minimum Gasteiger partial charge on any atom is -0.497 e. The molecule has 186 valence electrons. The number of nitrogens with zero attached hydrogens (tertiary/aromatic N) is 2. The maximum absolute atomic E-state index is 13.4. The highest BCUT2D eigenvalue weighted by Crippen LogP contribution is 2.43. The predicted molar refractivity (Wildman–Crippen MR) is 128 cm³/mol. The molecule has 8 heteroatoms. The first-order chi connectivity index (χ1) is 16.1. The van der Waals surface area contributed by atoms with Crippen molar-refractivity contribution in [1.29, 1.82) is 0 Å². The van der Waals surface area contributed by atoms with Crippen molar-refractivity contribution < 1.29 is 23.9 Å². The van der Waals surface area contributed by atoms with Crippen LogP contribution in [-0.2, 0) is 16.1 Å². The lowest BCUT2D eigenvalue weighted by Gasteiger charge is -2.40. The van der Waals surface area contributed by atoms with Gasteiger partial charge in [0.2, 0.25) is 5.91 Å². The van der Waals surface area contributed by atoms with Crippen molar-refractivity contribution in [2.45, 2.75) is 77.4 Å². The Morgan fingerprint density at radius 1 is 1.12 bits per heavy atom. The van der Waals surface area contributed by atoms with E-state index in [9.17, 15) is 14.4 Å². The maximum atomic E-state index is 13.4. The SMILES string of the molecule is COc1ccc(OC)c(CN(C(=O)CN2C(=O)NC3(CCC(C(C)(C)C)CC3)C2=O)C2CC2)c1. The smallest absolute Gasteiger partial charge is 0.325 e. The summed E-state index contributed by atoms with van der Waals surface area (Å²) in [5, 5.41) is 2.94. The zero-order chi connectivity index (χ0) is 24.7. The van der Waals surface area contributed by atoms with Crippen LogP contribution < -0.4 is 14.8 Å². The van der Waals surface area contributed by atoms with Crippen LogP contribution in [0.15, 0.2) is 18.2 Å². The molecule has 0 unspecified atom stereocenters. The zero-order valence-electron chi connectivity index (χ0n) is 21.0. The molecule has 2 aliphatic carbocycles. The van der Waals surface area contributed by atoms with Gasteiger partial charge in [-0.1, -0.05) is 20.8 Å². The average molecular weight is 472 g/mol. The Kier molecular flexibility index (Phi) is 6.53. The molecule has 1 aromatic rings. The number of hydrogen-bond donors (Lipinski definition) is 1. The third kappa shape index (κ3) is 4.72. The van der Waals surface area contributed by atoms with Crippen LogP contribution in [0.4, 0.5) is 4.79 Å². The molecule has 1 saturated heterocycles. The predicted octanol–water partition coefficient (Wildman–Crippen LogP) is 3.72. The van der Waals surface area contributed by atoms with Crippen LogP contribution >= 0.6 is 0 Å². The lowest BCUT2D eigenvalue weighted by atomic mass is 9.67. The average Bonchev–Trinajstić information content (AvgIpc) is 3.61. The third-order valence-corrected chi connectivity index (χ3v) is 7.74. The highest BCUT2D eigenvalue weighted by Gasteiger charge is 2.54. The number of hydrogen-bond acceptors (Lipinski definition) is 5. The lowest BCUT2D eigenvalue weighted by Crippen LogP contribution is -2.51. The minimum absolute atomic E-state index is 0.111. The van der Waals surface area contributed by atoms with Gasteiger partial charge in [0.05, 0.1) is 14.2 Å². The lowest BCUT2D eigenvalue weighted by molar-refractivity contribution is -0.140. The van der Waals surface area contributed by atoms with Gasteiger partial charge in [-0.25, -0.2) is 4.79 Å². The molecule has 34 heavy (non-hydrogen) atoms. The van der Waals surface area contributed by atoms with Crippen LogP contribution in [0.5, 0.6) is 11.5 Å². The van der Waals surface area contributed by atoms with Gasteiger partial charge >= 0.3 is 6.03 Å². The van der Waals surface area contributed by atoms with Crippen LogP contribution in [0.3, 0.4) is 0 Å². The normalized spacial score (nSPS) is 24.9. The molecule has 1 aliphatic heterocycles. The second-order valence-electron chi connectivity index (χ2n) is 11.0. The summed E-state index contributed by atoms with van der Waals surface area (Å²) < 4.78 is 10.8. The Labute approximate surface area is 201 Å². The van der Waals surface area contributed by atoms with Crippen molar-refractivity contribution in [3.05, 3.63) is 23.8 Å². The number of carbonyl (C=O) groups is 3. The molecule has 4 rings (SSSR count). The van der Waals surface area contributed by atoms with Crippen molar-refractivity contribution in [3.8, 4) is 11.5 Å². The summed E-state index contributed by atoms with van der Waals surface area (Å²) in [6, 6.07) is 5.14. The Morgan fingerprint density at radius 2 is 1.79 bits per heavy atom. The number of nitrogens with one attached hydrogen (secondary N) is 1. The Bertz CT molecular complexity index is 958. The van der Waals surface area contributed by atoms with E-state index in [1.54, 1.807) is 19.1 Å². The molecular weight excluding hydrogens is 434 g/mol. The van der Waals surface area contributed by atoms with Gasteiger partial charge < -0.3 is 19.7 Å². The maximum Gasteiger partial charge on any atom is 0.325 e. The Hall–Kier alpha value is -2.77. The van der Waals surface area contributed by atoms with Crippen LogP contribution in [0.25, 0.3) is 0 Å². The van der Waals surface area contributed by atoms with Gasteiger partial charge in [-0.15, -0.1) is 0 Å². The summed E-state index contributed by atoms with van der Waals surface area (Å²) in [6.45, 7) is 6.77. The molecular formula is C26H37N3O5. The molecule has 0 radical (unpaired) electrons. The summed E-state index contributed by atoms with van der Waals surface area (Å²) in [4.78, 5) is 42.4. The van der Waals surface area contributed by atoms with Gasteiger partial charge in [0.25, 0.3) is 5.91 Å². The number of imide groups is 1. The molecule has 4 amide bonds. The van der Waals surface area contributed by atoms with E-state index >= 15 is 0 Å². The summed E-state index contributed by atoms with van der Waals surface area (Å²) in [6.07, 6.45) is 4.85. The van der Waals surface area contributed by atoms with Crippen LogP contribution in [0, 0.1) is 11.3 Å². The minimum atomic E-state index is -0.862. The molecule has 3 fully saturated rings. The van der Waals surface area contributed by atoms with Gasteiger partial charge in [0, 0.05) is 18.2 Å². The fourth-order valence-corrected chi connectivity index (χ4v) is 5.36. The van der Waals surface area contributed by atoms with Crippen LogP contribution in [0.1, 0.15) is 64.9 Å². The topological polar surface area (TPSA) is 88.2 Å². The first-order valence-electron chi connectivity index (χ1n) is 12.2. The Balaban J connectivity index is 1.46. The van der Waals surface area contributed by atoms with E-state index in [4.69, 9.17) is 9.47 Å². The number of amides is 4. The van der Waals surface area contributed by atoms with Crippen molar-refractivity contribution in [1.82, 2.24) is 15.1 Å². The fraction of sp³-hybridized carbons (Fsp3) is 0.654. The van der Waals surface area contributed by atoms with Gasteiger partial charge in [-0.2, -0.15) is 0 Å². The van der Waals surface area contributed by atoms with Gasteiger partial charge in [-0.05, 0) is 68.1 Å². The molecule has 1 N–H and O–H groups in total. The van der Waals surface area contributed by atoms with E-state index in [0.717, 1.165) is 36.1 Å². The van der Waals surface area contributed by atoms with Crippen molar-refractivity contribution >= 4 is 17.8 Å². The van der Waals surface area contributed by atoms with E-state index in [1.165, 1.54) is 0 Å². The van der Waals surface area contributed by atoms with Crippen LogP contribution in [0.2, 0.25) is 0 Å². The quantitative estimate of drug-likeness (QED) is 0.613. The Morgan fingerprint density at radius 3 is 2.35 bits per heavy atom. The summed E-state index contributed by atoms with van der Waals surface area (Å²) in [5.74, 6) is 1.38. The molecule has 3 aliphatic rings. The number of carbonyl (C=O) groups excluding carboxylic acids is 3. The van der Waals surface area contributed by atoms with Crippen molar-refractivity contribution in [3.63, 3.8) is 0 Å². The first-order valence-corrected chi connectivity index (χ1v) is 12.2. The van der Waals surface area contributed by atoms with Gasteiger partial charge in [0.1, 0.15) is 23.6 Å². The number of benzene rings is 1. The van der Waals surface area contributed by atoms with E-state index in [1.807, 2.05) is 18.2 Å². The first kappa shape index (κ1) is 24.4.